The molecule has 0 aromatic heterocycles. The molecule has 2 N–H and O–H groups in total. The molecule has 0 aliphatic rings. The highest BCUT2D eigenvalue weighted by Crippen LogP contribution is 2.08. The Balaban J connectivity index is 3.78. The number of hydrogen-bond acceptors (Lipinski definition) is 1. The Kier molecular flexibility index (Phi) is 3.63. The topological polar surface area (TPSA) is 41.1 Å². The van der Waals surface area contributed by atoms with Gasteiger partial charge in [-0.3, -0.25) is 0 Å². The second-order valence-corrected chi connectivity index (χ2v) is 4.13. The molecule has 2 amide bonds. The quantitative estimate of drug-likeness (QED) is 0.690. The SMILES string of the molecule is CC(F)(F)CNC(=O)NC(C)(C)C. The van der Waals surface area contributed by atoms with Crippen molar-refractivity contribution in [2.75, 3.05) is 6.54 Å². The number of carbonyl (C=O) groups is 1. The fourth-order valence-corrected chi connectivity index (χ4v) is 0.620. The van der Waals surface area contributed by atoms with Crippen LogP contribution in [0.4, 0.5) is 13.6 Å². The van der Waals surface area contributed by atoms with Gasteiger partial charge in [0.15, 0.2) is 0 Å². The van der Waals surface area contributed by atoms with Crippen LogP contribution in [0.3, 0.4) is 0 Å². The lowest BCUT2D eigenvalue weighted by Gasteiger charge is -2.21. The second kappa shape index (κ2) is 3.89. The summed E-state index contributed by atoms with van der Waals surface area (Å²) in [4.78, 5) is 10.9. The lowest BCUT2D eigenvalue weighted by Crippen LogP contribution is -2.48. The van der Waals surface area contributed by atoms with Crippen LogP contribution in [0.1, 0.15) is 27.7 Å². The van der Waals surface area contributed by atoms with E-state index in [1.165, 1.54) is 0 Å². The molecule has 0 rings (SSSR count). The van der Waals surface area contributed by atoms with Crippen LogP contribution in [-0.2, 0) is 0 Å². The molecule has 0 atom stereocenters. The van der Waals surface area contributed by atoms with E-state index < -0.39 is 24.0 Å². The van der Waals surface area contributed by atoms with Crippen LogP contribution in [0.25, 0.3) is 0 Å². The Morgan fingerprint density at radius 1 is 1.23 bits per heavy atom. The molecule has 0 saturated heterocycles. The number of halogens is 2. The largest absolute Gasteiger partial charge is 0.334 e. The molecule has 0 aliphatic carbocycles. The first-order valence-electron chi connectivity index (χ1n) is 4.04. The minimum absolute atomic E-state index is 0.410. The van der Waals surface area contributed by atoms with Crippen LogP contribution in [0, 0.1) is 0 Å². The van der Waals surface area contributed by atoms with E-state index in [4.69, 9.17) is 0 Å². The van der Waals surface area contributed by atoms with Crippen molar-refractivity contribution in [1.29, 1.82) is 0 Å². The third-order valence-corrected chi connectivity index (χ3v) is 1.05. The molecule has 78 valence electrons. The maximum atomic E-state index is 12.3. The van der Waals surface area contributed by atoms with Gasteiger partial charge in [-0.2, -0.15) is 0 Å². The lowest BCUT2D eigenvalue weighted by molar-refractivity contribution is 0.0250. The van der Waals surface area contributed by atoms with Gasteiger partial charge in [-0.05, 0) is 20.8 Å². The first kappa shape index (κ1) is 12.1. The third kappa shape index (κ3) is 9.04. The molecular formula is C8H16F2N2O. The van der Waals surface area contributed by atoms with Crippen LogP contribution >= 0.6 is 0 Å². The van der Waals surface area contributed by atoms with E-state index in [1.54, 1.807) is 20.8 Å². The summed E-state index contributed by atoms with van der Waals surface area (Å²) < 4.78 is 24.5. The molecule has 0 fully saturated rings. The van der Waals surface area contributed by atoms with Gasteiger partial charge in [0.2, 0.25) is 0 Å². The summed E-state index contributed by atoms with van der Waals surface area (Å²) in [6.45, 7) is 5.43. The molecule has 0 aromatic carbocycles. The van der Waals surface area contributed by atoms with Crippen LogP contribution in [-0.4, -0.2) is 24.0 Å². The zero-order valence-electron chi connectivity index (χ0n) is 8.37. The van der Waals surface area contributed by atoms with Gasteiger partial charge in [-0.25, -0.2) is 13.6 Å². The van der Waals surface area contributed by atoms with Crippen LogP contribution in [0.2, 0.25) is 0 Å². The summed E-state index contributed by atoms with van der Waals surface area (Å²) in [5.74, 6) is -2.87. The van der Waals surface area contributed by atoms with Crippen molar-refractivity contribution >= 4 is 6.03 Å². The van der Waals surface area contributed by atoms with Gasteiger partial charge in [-0.1, -0.05) is 0 Å². The highest BCUT2D eigenvalue weighted by atomic mass is 19.3. The lowest BCUT2D eigenvalue weighted by atomic mass is 10.1. The van der Waals surface area contributed by atoms with Crippen molar-refractivity contribution < 1.29 is 13.6 Å². The minimum Gasteiger partial charge on any atom is -0.334 e. The predicted octanol–water partition coefficient (Wildman–Crippen LogP) is 1.74. The molecule has 0 spiro atoms. The Labute approximate surface area is 76.9 Å². The van der Waals surface area contributed by atoms with Crippen LogP contribution in [0.5, 0.6) is 0 Å². The Morgan fingerprint density at radius 2 is 1.69 bits per heavy atom. The highest BCUT2D eigenvalue weighted by Gasteiger charge is 2.22. The zero-order valence-corrected chi connectivity index (χ0v) is 8.37. The monoisotopic (exact) mass is 194 g/mol. The van der Waals surface area contributed by atoms with E-state index in [9.17, 15) is 13.6 Å². The zero-order chi connectivity index (χ0) is 10.7. The number of hydrogen-bond donors (Lipinski definition) is 2. The molecule has 13 heavy (non-hydrogen) atoms. The number of nitrogens with one attached hydrogen (secondary N) is 2. The van der Waals surface area contributed by atoms with Gasteiger partial charge in [0.05, 0.1) is 6.54 Å². The van der Waals surface area contributed by atoms with Crippen molar-refractivity contribution in [3.05, 3.63) is 0 Å². The number of urea groups is 1. The molecule has 0 aliphatic heterocycles. The summed E-state index contributed by atoms with van der Waals surface area (Å²) in [6.07, 6.45) is 0. The maximum absolute atomic E-state index is 12.3. The average molecular weight is 194 g/mol. The third-order valence-electron chi connectivity index (χ3n) is 1.05. The molecule has 0 heterocycles. The number of rotatable bonds is 2. The second-order valence-electron chi connectivity index (χ2n) is 4.13. The van der Waals surface area contributed by atoms with E-state index in [1.807, 2.05) is 0 Å². The fourth-order valence-electron chi connectivity index (χ4n) is 0.620. The molecular weight excluding hydrogens is 178 g/mol. The van der Waals surface area contributed by atoms with Crippen molar-refractivity contribution in [2.24, 2.45) is 0 Å². The van der Waals surface area contributed by atoms with Crippen molar-refractivity contribution in [3.63, 3.8) is 0 Å². The van der Waals surface area contributed by atoms with Gasteiger partial charge < -0.3 is 10.6 Å². The van der Waals surface area contributed by atoms with E-state index >= 15 is 0 Å². The Morgan fingerprint density at radius 3 is 2.00 bits per heavy atom. The van der Waals surface area contributed by atoms with Gasteiger partial charge in [0, 0.05) is 12.5 Å². The van der Waals surface area contributed by atoms with E-state index in [0.717, 1.165) is 6.92 Å². The maximum Gasteiger partial charge on any atom is 0.315 e. The van der Waals surface area contributed by atoms with Gasteiger partial charge in [-0.15, -0.1) is 0 Å². The van der Waals surface area contributed by atoms with Crippen LogP contribution in [0.15, 0.2) is 0 Å². The van der Waals surface area contributed by atoms with Gasteiger partial charge >= 0.3 is 6.03 Å². The summed E-state index contributed by atoms with van der Waals surface area (Å²) in [5.41, 5.74) is -0.410. The Bertz CT molecular complexity index is 182. The van der Waals surface area contributed by atoms with E-state index in [0.29, 0.717) is 0 Å². The first-order valence-corrected chi connectivity index (χ1v) is 4.04. The smallest absolute Gasteiger partial charge is 0.315 e. The molecule has 0 aromatic rings. The summed E-state index contributed by atoms with van der Waals surface area (Å²) in [7, 11) is 0. The van der Waals surface area contributed by atoms with Crippen molar-refractivity contribution in [1.82, 2.24) is 10.6 Å². The van der Waals surface area contributed by atoms with Gasteiger partial charge in [0.25, 0.3) is 5.92 Å². The van der Waals surface area contributed by atoms with Crippen molar-refractivity contribution in [3.8, 4) is 0 Å². The molecule has 5 heteroatoms. The predicted molar refractivity (Wildman–Crippen MR) is 46.9 cm³/mol. The highest BCUT2D eigenvalue weighted by molar-refractivity contribution is 5.74. The van der Waals surface area contributed by atoms with Crippen LogP contribution < -0.4 is 10.6 Å². The fraction of sp³-hybridized carbons (Fsp3) is 0.875. The summed E-state index contributed by atoms with van der Waals surface area (Å²) in [5, 5.41) is 4.59. The molecule has 0 bridgehead atoms. The van der Waals surface area contributed by atoms with E-state index in [-0.39, 0.29) is 0 Å². The number of alkyl halides is 2. The summed E-state index contributed by atoms with van der Waals surface area (Å²) >= 11 is 0. The number of carbonyl (C=O) groups excluding carboxylic acids is 1. The molecule has 0 radical (unpaired) electrons. The standard InChI is InChI=1S/C8H16F2N2O/c1-7(2,3)12-6(13)11-5-8(4,9)10/h5H2,1-4H3,(H2,11,12,13). The minimum atomic E-state index is -2.87. The molecule has 0 saturated carbocycles. The summed E-state index contributed by atoms with van der Waals surface area (Å²) in [6, 6.07) is -0.575. The number of amides is 2. The normalized spacial score (nSPS) is 12.5. The van der Waals surface area contributed by atoms with E-state index in [2.05, 4.69) is 10.6 Å². The Hall–Kier alpha value is -0.870. The molecule has 3 nitrogen and oxygen atoms in total. The first-order chi connectivity index (χ1) is 5.60. The average Bonchev–Trinajstić information content (AvgIpc) is 1.78. The van der Waals surface area contributed by atoms with Crippen molar-refractivity contribution in [2.45, 2.75) is 39.2 Å². The van der Waals surface area contributed by atoms with Gasteiger partial charge in [0.1, 0.15) is 0 Å². The molecule has 0 unspecified atom stereocenters.